The molecule has 1 unspecified atom stereocenters. The van der Waals surface area contributed by atoms with Gasteiger partial charge in [-0.05, 0) is 40.0 Å². The van der Waals surface area contributed by atoms with Crippen molar-refractivity contribution in [2.75, 3.05) is 6.54 Å². The highest BCUT2D eigenvalue weighted by Crippen LogP contribution is 2.31. The number of hydrogen-bond acceptors (Lipinski definition) is 3. The highest BCUT2D eigenvalue weighted by atomic mass is 16.6. The second-order valence-corrected chi connectivity index (χ2v) is 5.89. The van der Waals surface area contributed by atoms with Gasteiger partial charge in [-0.15, -0.1) is 0 Å². The summed E-state index contributed by atoms with van der Waals surface area (Å²) in [6.07, 6.45) is 3.03. The van der Waals surface area contributed by atoms with E-state index in [1.807, 2.05) is 0 Å². The van der Waals surface area contributed by atoms with Gasteiger partial charge in [-0.25, -0.2) is 4.79 Å². The van der Waals surface area contributed by atoms with Gasteiger partial charge in [0.25, 0.3) is 0 Å². The third-order valence-corrected chi connectivity index (χ3v) is 2.68. The van der Waals surface area contributed by atoms with Crippen LogP contribution in [-0.4, -0.2) is 30.2 Å². The van der Waals surface area contributed by atoms with Gasteiger partial charge in [0.15, 0.2) is 0 Å². The molecule has 2 amide bonds. The predicted molar refractivity (Wildman–Crippen MR) is 69.2 cm³/mol. The molecule has 0 aromatic heterocycles. The van der Waals surface area contributed by atoms with E-state index in [9.17, 15) is 9.59 Å². The molecule has 0 heterocycles. The first-order valence-corrected chi connectivity index (χ1v) is 6.55. The molecular weight excluding hydrogens is 232 g/mol. The number of carbonyl (C=O) groups is 2. The first-order valence-electron chi connectivity index (χ1n) is 6.55. The van der Waals surface area contributed by atoms with Crippen molar-refractivity contribution in [3.05, 3.63) is 0 Å². The molecule has 1 saturated carbocycles. The topological polar surface area (TPSA) is 67.4 Å². The second kappa shape index (κ2) is 6.07. The molecule has 0 bridgehead atoms. The largest absolute Gasteiger partial charge is 0.444 e. The molecule has 5 nitrogen and oxygen atoms in total. The van der Waals surface area contributed by atoms with Gasteiger partial charge in [0.1, 0.15) is 11.6 Å². The standard InChI is InChI=1S/C13H24N2O3/c1-9(15-12(17)18-13(2,3)4)11(16)14-8-7-10-5-6-10/h9-10H,5-8H2,1-4H3,(H,14,16)(H,15,17). The van der Waals surface area contributed by atoms with Crippen LogP contribution in [0.15, 0.2) is 0 Å². The van der Waals surface area contributed by atoms with Crippen LogP contribution in [0.25, 0.3) is 0 Å². The maximum Gasteiger partial charge on any atom is 0.408 e. The molecule has 1 aliphatic carbocycles. The van der Waals surface area contributed by atoms with E-state index in [4.69, 9.17) is 4.74 Å². The van der Waals surface area contributed by atoms with Gasteiger partial charge < -0.3 is 15.4 Å². The van der Waals surface area contributed by atoms with Crippen LogP contribution in [0.2, 0.25) is 0 Å². The Balaban J connectivity index is 2.18. The van der Waals surface area contributed by atoms with Crippen molar-refractivity contribution < 1.29 is 14.3 Å². The Labute approximate surface area is 109 Å². The fourth-order valence-electron chi connectivity index (χ4n) is 1.51. The number of carbonyl (C=O) groups excluding carboxylic acids is 2. The van der Waals surface area contributed by atoms with Crippen LogP contribution in [0.1, 0.15) is 47.0 Å². The zero-order chi connectivity index (χ0) is 13.8. The highest BCUT2D eigenvalue weighted by molar-refractivity contribution is 5.85. The summed E-state index contributed by atoms with van der Waals surface area (Å²) in [6, 6.07) is -0.570. The fraction of sp³-hybridized carbons (Fsp3) is 0.846. The maximum absolute atomic E-state index is 11.7. The third-order valence-electron chi connectivity index (χ3n) is 2.68. The van der Waals surface area contributed by atoms with Crippen LogP contribution in [0.5, 0.6) is 0 Å². The lowest BCUT2D eigenvalue weighted by molar-refractivity contribution is -0.122. The monoisotopic (exact) mass is 256 g/mol. The van der Waals surface area contributed by atoms with Crippen molar-refractivity contribution in [3.63, 3.8) is 0 Å². The normalized spacial score (nSPS) is 16.9. The lowest BCUT2D eigenvalue weighted by atomic mass is 10.2. The number of ether oxygens (including phenoxy) is 1. The van der Waals surface area contributed by atoms with Crippen LogP contribution in [0.3, 0.4) is 0 Å². The minimum atomic E-state index is -0.570. The van der Waals surface area contributed by atoms with E-state index in [2.05, 4.69) is 10.6 Å². The molecule has 0 aromatic rings. The lowest BCUT2D eigenvalue weighted by Gasteiger charge is -2.21. The summed E-state index contributed by atoms with van der Waals surface area (Å²) in [6.45, 7) is 7.69. The van der Waals surface area contributed by atoms with Crippen LogP contribution in [-0.2, 0) is 9.53 Å². The van der Waals surface area contributed by atoms with E-state index in [0.717, 1.165) is 12.3 Å². The Bertz CT molecular complexity index is 306. The molecule has 0 aromatic carbocycles. The predicted octanol–water partition coefficient (Wildman–Crippen LogP) is 1.82. The minimum Gasteiger partial charge on any atom is -0.444 e. The first-order chi connectivity index (χ1) is 8.28. The molecule has 104 valence electrons. The molecule has 0 radical (unpaired) electrons. The Morgan fingerprint density at radius 3 is 2.44 bits per heavy atom. The summed E-state index contributed by atoms with van der Waals surface area (Å²) < 4.78 is 5.08. The van der Waals surface area contributed by atoms with Crippen LogP contribution < -0.4 is 10.6 Å². The summed E-state index contributed by atoms with van der Waals surface area (Å²) in [5.41, 5.74) is -0.549. The number of amides is 2. The number of nitrogens with one attached hydrogen (secondary N) is 2. The lowest BCUT2D eigenvalue weighted by Crippen LogP contribution is -2.46. The molecule has 0 spiro atoms. The van der Waals surface area contributed by atoms with Crippen molar-refractivity contribution >= 4 is 12.0 Å². The quantitative estimate of drug-likeness (QED) is 0.788. The molecule has 1 fully saturated rings. The van der Waals surface area contributed by atoms with Crippen molar-refractivity contribution in [3.8, 4) is 0 Å². The summed E-state index contributed by atoms with van der Waals surface area (Å²) in [7, 11) is 0. The smallest absolute Gasteiger partial charge is 0.408 e. The SMILES string of the molecule is CC(NC(=O)OC(C)(C)C)C(=O)NCCC1CC1. The molecule has 0 saturated heterocycles. The van der Waals surface area contributed by atoms with Gasteiger partial charge >= 0.3 is 6.09 Å². The Hall–Kier alpha value is -1.26. The fourth-order valence-corrected chi connectivity index (χ4v) is 1.51. The van der Waals surface area contributed by atoms with Crippen molar-refractivity contribution in [1.82, 2.24) is 10.6 Å². The zero-order valence-corrected chi connectivity index (χ0v) is 11.7. The Morgan fingerprint density at radius 1 is 1.33 bits per heavy atom. The number of hydrogen-bond donors (Lipinski definition) is 2. The summed E-state index contributed by atoms with van der Waals surface area (Å²) in [5, 5.41) is 5.33. The van der Waals surface area contributed by atoms with Gasteiger partial charge in [-0.2, -0.15) is 0 Å². The maximum atomic E-state index is 11.7. The van der Waals surface area contributed by atoms with Gasteiger partial charge in [-0.3, -0.25) is 4.79 Å². The van der Waals surface area contributed by atoms with Crippen molar-refractivity contribution in [2.45, 2.75) is 58.6 Å². The van der Waals surface area contributed by atoms with Gasteiger partial charge in [-0.1, -0.05) is 12.8 Å². The van der Waals surface area contributed by atoms with E-state index in [1.54, 1.807) is 27.7 Å². The molecule has 2 N–H and O–H groups in total. The molecule has 0 aliphatic heterocycles. The van der Waals surface area contributed by atoms with Gasteiger partial charge in [0.2, 0.25) is 5.91 Å². The first kappa shape index (κ1) is 14.8. The molecule has 1 rings (SSSR count). The zero-order valence-electron chi connectivity index (χ0n) is 11.7. The molecule has 1 aliphatic rings. The second-order valence-electron chi connectivity index (χ2n) is 5.89. The number of rotatable bonds is 5. The van der Waals surface area contributed by atoms with E-state index in [-0.39, 0.29) is 5.91 Å². The molecule has 5 heteroatoms. The summed E-state index contributed by atoms with van der Waals surface area (Å²) >= 11 is 0. The van der Waals surface area contributed by atoms with E-state index < -0.39 is 17.7 Å². The third kappa shape index (κ3) is 6.47. The van der Waals surface area contributed by atoms with Gasteiger partial charge in [0, 0.05) is 6.54 Å². The minimum absolute atomic E-state index is 0.165. The molecule has 1 atom stereocenters. The summed E-state index contributed by atoms with van der Waals surface area (Å²) in [5.74, 6) is 0.626. The highest BCUT2D eigenvalue weighted by Gasteiger charge is 2.23. The van der Waals surface area contributed by atoms with Gasteiger partial charge in [0.05, 0.1) is 0 Å². The Kier molecular flexibility index (Phi) is 4.99. The van der Waals surface area contributed by atoms with Crippen LogP contribution in [0.4, 0.5) is 4.79 Å². The molecular formula is C13H24N2O3. The average molecular weight is 256 g/mol. The van der Waals surface area contributed by atoms with E-state index >= 15 is 0 Å². The van der Waals surface area contributed by atoms with E-state index in [1.165, 1.54) is 12.8 Å². The van der Waals surface area contributed by atoms with E-state index in [0.29, 0.717) is 6.54 Å². The Morgan fingerprint density at radius 2 is 1.94 bits per heavy atom. The van der Waals surface area contributed by atoms with Crippen molar-refractivity contribution in [2.24, 2.45) is 5.92 Å². The molecule has 18 heavy (non-hydrogen) atoms. The summed E-state index contributed by atoms with van der Waals surface area (Å²) in [4.78, 5) is 23.1. The average Bonchev–Trinajstić information content (AvgIpc) is 2.98. The van der Waals surface area contributed by atoms with Crippen molar-refractivity contribution in [1.29, 1.82) is 0 Å². The van der Waals surface area contributed by atoms with Crippen LogP contribution >= 0.6 is 0 Å². The van der Waals surface area contributed by atoms with Crippen LogP contribution in [0, 0.1) is 5.92 Å². The number of alkyl carbamates (subject to hydrolysis) is 1.